The molecule has 11 nitrogen and oxygen atoms in total. The van der Waals surface area contributed by atoms with Crippen molar-refractivity contribution in [2.24, 2.45) is 0 Å². The Bertz CT molecular complexity index is 1510. The third kappa shape index (κ3) is 6.80. The number of benzene rings is 2. The van der Waals surface area contributed by atoms with Crippen LogP contribution in [0.15, 0.2) is 48.7 Å². The number of fused-ring (bicyclic) bond motifs is 3. The van der Waals surface area contributed by atoms with Gasteiger partial charge in [-0.05, 0) is 42.7 Å². The molecule has 2 aromatic carbocycles. The van der Waals surface area contributed by atoms with Crippen LogP contribution in [0.5, 0.6) is 5.75 Å². The van der Waals surface area contributed by atoms with Crippen molar-refractivity contribution in [3.05, 3.63) is 65.6 Å². The number of carbonyl (C=O) groups is 4. The summed E-state index contributed by atoms with van der Waals surface area (Å²) in [4.78, 5) is 61.0. The number of amides is 4. The minimum absolute atomic E-state index is 0.0142. The van der Waals surface area contributed by atoms with Gasteiger partial charge >= 0.3 is 0 Å². The maximum absolute atomic E-state index is 14.4. The number of rotatable bonds is 4. The Morgan fingerprint density at radius 2 is 1.93 bits per heavy atom. The zero-order valence-electron chi connectivity index (χ0n) is 24.4. The first kappa shape index (κ1) is 30.0. The first-order valence-electron chi connectivity index (χ1n) is 14.5. The predicted molar refractivity (Wildman–Crippen MR) is 158 cm³/mol. The lowest BCUT2D eigenvalue weighted by molar-refractivity contribution is -0.142. The summed E-state index contributed by atoms with van der Waals surface area (Å²) < 4.78 is 20.4. The van der Waals surface area contributed by atoms with Gasteiger partial charge in [-0.15, -0.1) is 0 Å². The average Bonchev–Trinajstić information content (AvgIpc) is 3.42. The molecule has 1 saturated heterocycles. The van der Waals surface area contributed by atoms with Crippen LogP contribution in [0.25, 0.3) is 10.9 Å². The van der Waals surface area contributed by atoms with Gasteiger partial charge in [0.15, 0.2) is 0 Å². The van der Waals surface area contributed by atoms with Gasteiger partial charge in [0.2, 0.25) is 17.7 Å². The van der Waals surface area contributed by atoms with Crippen molar-refractivity contribution < 1.29 is 28.3 Å². The number of nitrogens with zero attached hydrogens (tertiary/aromatic N) is 3. The van der Waals surface area contributed by atoms with Gasteiger partial charge in [0.25, 0.3) is 5.91 Å². The number of halogens is 1. The van der Waals surface area contributed by atoms with Crippen LogP contribution in [0.4, 0.5) is 4.39 Å². The first-order chi connectivity index (χ1) is 20.7. The molecule has 2 aliphatic rings. The summed E-state index contributed by atoms with van der Waals surface area (Å²) >= 11 is 0. The topological polar surface area (TPSA) is 127 Å². The molecule has 4 amide bonds. The molecule has 0 radical (unpaired) electrons. The zero-order chi connectivity index (χ0) is 30.5. The third-order valence-electron chi connectivity index (χ3n) is 8.16. The largest absolute Gasteiger partial charge is 0.491 e. The van der Waals surface area contributed by atoms with E-state index in [0.29, 0.717) is 32.6 Å². The number of hydrogen-bond donors (Lipinski definition) is 3. The fourth-order valence-electron chi connectivity index (χ4n) is 5.66. The lowest BCUT2D eigenvalue weighted by Gasteiger charge is -2.37. The molecule has 3 aromatic rings. The Kier molecular flexibility index (Phi) is 9.24. The number of likely N-dealkylation sites (N-methyl/N-ethyl adjacent to an activating group) is 2. The number of nitrogens with one attached hydrogen (secondary N) is 3. The highest BCUT2D eigenvalue weighted by Gasteiger charge is 2.33. The molecule has 0 spiro atoms. The van der Waals surface area contributed by atoms with Crippen LogP contribution in [0.1, 0.15) is 28.8 Å². The molecular formula is C31H37FN6O5. The monoisotopic (exact) mass is 592 g/mol. The van der Waals surface area contributed by atoms with Crippen LogP contribution in [0.3, 0.4) is 0 Å². The van der Waals surface area contributed by atoms with Crippen LogP contribution in [0.2, 0.25) is 0 Å². The maximum Gasteiger partial charge on any atom is 0.258 e. The fourth-order valence-corrected chi connectivity index (χ4v) is 5.66. The predicted octanol–water partition coefficient (Wildman–Crippen LogP) is 1.54. The summed E-state index contributed by atoms with van der Waals surface area (Å²) in [5.41, 5.74) is 1.99. The molecule has 3 N–H and O–H groups in total. The Balaban J connectivity index is 1.38. The van der Waals surface area contributed by atoms with Gasteiger partial charge in [-0.25, -0.2) is 4.39 Å². The Morgan fingerprint density at radius 3 is 2.77 bits per heavy atom. The van der Waals surface area contributed by atoms with E-state index in [2.05, 4.69) is 15.6 Å². The molecule has 5 rings (SSSR count). The molecule has 0 bridgehead atoms. The Labute approximate surface area is 249 Å². The van der Waals surface area contributed by atoms with E-state index in [4.69, 9.17) is 4.74 Å². The lowest BCUT2D eigenvalue weighted by atomic mass is 10.1. The quantitative estimate of drug-likeness (QED) is 0.422. The first-order valence-corrected chi connectivity index (χ1v) is 14.5. The molecule has 228 valence electrons. The van der Waals surface area contributed by atoms with Gasteiger partial charge in [-0.1, -0.05) is 18.2 Å². The Hall–Kier alpha value is -4.45. The fraction of sp³-hybridized carbons (Fsp3) is 0.419. The molecule has 3 heterocycles. The second-order valence-corrected chi connectivity index (χ2v) is 11.0. The molecule has 0 saturated carbocycles. The lowest BCUT2D eigenvalue weighted by Crippen LogP contribution is -2.57. The van der Waals surface area contributed by atoms with Crippen LogP contribution in [0, 0.1) is 5.82 Å². The summed E-state index contributed by atoms with van der Waals surface area (Å²) in [7, 11) is 3.01. The van der Waals surface area contributed by atoms with Crippen LogP contribution in [-0.2, 0) is 20.8 Å². The summed E-state index contributed by atoms with van der Waals surface area (Å²) in [5.74, 6) is -2.08. The molecule has 0 aliphatic carbocycles. The standard InChI is InChI=1S/C31H37FN6O5/c1-36-18-29(40)38-14-13-33-17-22(38)19-43-27-9-7-21(32)15-24(27)31(42)37(2)26(8-10-28(36)39)30(41)34-12-11-20-16-35-25-6-4-3-5-23(20)25/h3-7,9,15-16,22,26,33,35H,8,10-14,17-19H2,1-2H3,(H,34,41)/t22-,26-/m1/s1. The van der Waals surface area contributed by atoms with E-state index in [1.807, 2.05) is 30.5 Å². The molecule has 43 heavy (non-hydrogen) atoms. The summed E-state index contributed by atoms with van der Waals surface area (Å²) in [6.45, 7) is 1.75. The van der Waals surface area contributed by atoms with E-state index in [9.17, 15) is 23.6 Å². The van der Waals surface area contributed by atoms with Crippen LogP contribution in [-0.4, -0.2) is 109 Å². The van der Waals surface area contributed by atoms with E-state index in [0.717, 1.165) is 22.5 Å². The summed E-state index contributed by atoms with van der Waals surface area (Å²) in [6, 6.07) is 10.2. The second-order valence-electron chi connectivity index (χ2n) is 11.0. The molecule has 2 atom stereocenters. The van der Waals surface area contributed by atoms with Crippen molar-refractivity contribution in [2.75, 3.05) is 53.4 Å². The summed E-state index contributed by atoms with van der Waals surface area (Å²) in [6.07, 6.45) is 2.40. The molecular weight excluding hydrogens is 555 g/mol. The van der Waals surface area contributed by atoms with Crippen molar-refractivity contribution in [2.45, 2.75) is 31.3 Å². The number of para-hydroxylation sites is 1. The van der Waals surface area contributed by atoms with E-state index in [1.54, 1.807) is 11.9 Å². The van der Waals surface area contributed by atoms with Gasteiger partial charge in [0.1, 0.15) is 24.2 Å². The van der Waals surface area contributed by atoms with E-state index in [-0.39, 0.29) is 55.2 Å². The van der Waals surface area contributed by atoms with Gasteiger partial charge < -0.3 is 35.1 Å². The SMILES string of the molecule is CN1CC(=O)N2CCNC[C@@H]2COc2ccc(F)cc2C(=O)N(C)[C@@H](C(=O)NCCc2c[nH]c3ccccc23)CCC1=O. The molecule has 12 heteroatoms. The highest BCUT2D eigenvalue weighted by Crippen LogP contribution is 2.24. The second kappa shape index (κ2) is 13.2. The smallest absolute Gasteiger partial charge is 0.258 e. The number of piperazine rings is 1. The molecule has 0 unspecified atom stereocenters. The van der Waals surface area contributed by atoms with Crippen molar-refractivity contribution in [1.29, 1.82) is 0 Å². The average molecular weight is 593 g/mol. The number of hydrogen-bond acceptors (Lipinski definition) is 6. The molecule has 2 aliphatic heterocycles. The van der Waals surface area contributed by atoms with Crippen LogP contribution >= 0.6 is 0 Å². The Morgan fingerprint density at radius 1 is 1.12 bits per heavy atom. The van der Waals surface area contributed by atoms with Gasteiger partial charge in [0.05, 0.1) is 18.2 Å². The minimum Gasteiger partial charge on any atom is -0.491 e. The zero-order valence-corrected chi connectivity index (χ0v) is 24.4. The van der Waals surface area contributed by atoms with E-state index in [1.165, 1.54) is 29.0 Å². The van der Waals surface area contributed by atoms with Crippen LogP contribution < -0.4 is 15.4 Å². The highest BCUT2D eigenvalue weighted by atomic mass is 19.1. The van der Waals surface area contributed by atoms with Crippen molar-refractivity contribution in [1.82, 2.24) is 30.3 Å². The summed E-state index contributed by atoms with van der Waals surface area (Å²) in [5, 5.41) is 7.20. The number of aromatic amines is 1. The number of aromatic nitrogens is 1. The molecule has 1 fully saturated rings. The van der Waals surface area contributed by atoms with Gasteiger partial charge in [-0.3, -0.25) is 19.2 Å². The van der Waals surface area contributed by atoms with Crippen molar-refractivity contribution in [3.63, 3.8) is 0 Å². The molecule has 1 aromatic heterocycles. The van der Waals surface area contributed by atoms with Gasteiger partial charge in [0, 0.05) is 63.8 Å². The number of H-pyrrole nitrogens is 1. The van der Waals surface area contributed by atoms with Crippen molar-refractivity contribution in [3.8, 4) is 5.75 Å². The van der Waals surface area contributed by atoms with E-state index >= 15 is 0 Å². The minimum atomic E-state index is -1.03. The number of ether oxygens (including phenoxy) is 1. The third-order valence-corrected chi connectivity index (χ3v) is 8.16. The van der Waals surface area contributed by atoms with Gasteiger partial charge in [-0.2, -0.15) is 0 Å². The van der Waals surface area contributed by atoms with Crippen molar-refractivity contribution >= 4 is 34.5 Å². The number of carbonyl (C=O) groups excluding carboxylic acids is 4. The van der Waals surface area contributed by atoms with E-state index < -0.39 is 23.7 Å². The normalized spacial score (nSPS) is 20.6. The highest BCUT2D eigenvalue weighted by molar-refractivity contribution is 5.99. The maximum atomic E-state index is 14.4.